The Hall–Kier alpha value is -0.740. The predicted molar refractivity (Wildman–Crippen MR) is 56.7 cm³/mol. The average Bonchev–Trinajstić information content (AvgIpc) is 2.07. The third-order valence-corrected chi connectivity index (χ3v) is 2.39. The fourth-order valence-corrected chi connectivity index (χ4v) is 1.39. The zero-order chi connectivity index (χ0) is 10.9. The number of rotatable bonds is 2. The molecule has 0 aromatic heterocycles. The van der Waals surface area contributed by atoms with Crippen LogP contribution in [0.25, 0.3) is 0 Å². The van der Waals surface area contributed by atoms with Gasteiger partial charge in [-0.25, -0.2) is 4.39 Å². The zero-order valence-corrected chi connectivity index (χ0v) is 9.56. The predicted octanol–water partition coefficient (Wildman–Crippen LogP) is 2.51. The van der Waals surface area contributed by atoms with Crippen molar-refractivity contribution in [1.29, 1.82) is 0 Å². The third-order valence-electron chi connectivity index (χ3n) is 1.78. The van der Waals surface area contributed by atoms with Crippen LogP contribution in [0.2, 0.25) is 0 Å². The largest absolute Gasteiger partial charge is 0.319 e. The van der Waals surface area contributed by atoms with Crippen LogP contribution in [-0.2, 0) is 0 Å². The lowest BCUT2D eigenvalue weighted by Crippen LogP contribution is -2.41. The molecule has 0 spiro atoms. The second-order valence-corrected chi connectivity index (χ2v) is 4.51. The van der Waals surface area contributed by atoms with E-state index in [9.17, 15) is 9.18 Å². The van der Waals surface area contributed by atoms with Crippen molar-refractivity contribution < 1.29 is 9.18 Å². The van der Waals surface area contributed by atoms with Gasteiger partial charge in [-0.15, -0.1) is 0 Å². The Labute approximate surface area is 90.4 Å². The van der Waals surface area contributed by atoms with Crippen molar-refractivity contribution in [2.24, 2.45) is 5.73 Å². The minimum atomic E-state index is -1.05. The molecular weight excluding hydrogens is 249 g/mol. The van der Waals surface area contributed by atoms with Crippen LogP contribution in [0.5, 0.6) is 0 Å². The van der Waals surface area contributed by atoms with Crippen LogP contribution in [-0.4, -0.2) is 11.3 Å². The van der Waals surface area contributed by atoms with E-state index in [1.165, 1.54) is 12.1 Å². The van der Waals surface area contributed by atoms with Gasteiger partial charge in [0.25, 0.3) is 0 Å². The maximum Gasteiger partial charge on any atom is 0.185 e. The number of nitrogens with two attached hydrogens (primary N) is 1. The summed E-state index contributed by atoms with van der Waals surface area (Å²) in [4.78, 5) is 11.7. The molecule has 0 aliphatic heterocycles. The quantitative estimate of drug-likeness (QED) is 0.830. The molecule has 1 rings (SSSR count). The maximum absolute atomic E-state index is 13.5. The summed E-state index contributed by atoms with van der Waals surface area (Å²) in [6.45, 7) is 3.10. The molecular formula is C10H11BrFNO. The normalized spacial score (nSPS) is 11.5. The topological polar surface area (TPSA) is 43.1 Å². The molecule has 1 aromatic carbocycles. The van der Waals surface area contributed by atoms with Crippen molar-refractivity contribution in [1.82, 2.24) is 0 Å². The second-order valence-electron chi connectivity index (χ2n) is 3.65. The molecule has 0 saturated carbocycles. The van der Waals surface area contributed by atoms with E-state index in [2.05, 4.69) is 15.9 Å². The monoisotopic (exact) mass is 259 g/mol. The standard InChI is InChI=1S/C10H11BrFNO/c1-10(2,13)9(14)6-4-3-5-7(11)8(6)12/h3-5H,13H2,1-2H3. The Morgan fingerprint density at radius 1 is 1.50 bits per heavy atom. The van der Waals surface area contributed by atoms with E-state index in [1.807, 2.05) is 0 Å². The number of Topliss-reactive ketones (excluding diaryl/α,β-unsaturated/α-hetero) is 1. The lowest BCUT2D eigenvalue weighted by atomic mass is 9.94. The Morgan fingerprint density at radius 2 is 2.07 bits per heavy atom. The van der Waals surface area contributed by atoms with Crippen LogP contribution < -0.4 is 5.73 Å². The van der Waals surface area contributed by atoms with Gasteiger partial charge < -0.3 is 5.73 Å². The van der Waals surface area contributed by atoms with Crippen LogP contribution in [0, 0.1) is 5.82 Å². The van der Waals surface area contributed by atoms with Crippen LogP contribution in [0.4, 0.5) is 4.39 Å². The van der Waals surface area contributed by atoms with Gasteiger partial charge in [0.1, 0.15) is 5.82 Å². The molecule has 0 saturated heterocycles. The average molecular weight is 260 g/mol. The first kappa shape index (κ1) is 11.3. The summed E-state index contributed by atoms with van der Waals surface area (Å²) in [6.07, 6.45) is 0. The number of halogens is 2. The summed E-state index contributed by atoms with van der Waals surface area (Å²) in [5, 5.41) is 0. The van der Waals surface area contributed by atoms with Crippen LogP contribution >= 0.6 is 15.9 Å². The van der Waals surface area contributed by atoms with Gasteiger partial charge in [-0.1, -0.05) is 6.07 Å². The van der Waals surface area contributed by atoms with E-state index >= 15 is 0 Å². The fraction of sp³-hybridized carbons (Fsp3) is 0.300. The molecule has 0 fully saturated rings. The Kier molecular flexibility index (Phi) is 3.07. The van der Waals surface area contributed by atoms with Crippen molar-refractivity contribution in [3.8, 4) is 0 Å². The number of benzene rings is 1. The minimum Gasteiger partial charge on any atom is -0.319 e. The highest BCUT2D eigenvalue weighted by atomic mass is 79.9. The minimum absolute atomic E-state index is 0.0203. The summed E-state index contributed by atoms with van der Waals surface area (Å²) < 4.78 is 13.7. The summed E-state index contributed by atoms with van der Waals surface area (Å²) in [5.41, 5.74) is 4.56. The Bertz CT molecular complexity index is 371. The highest BCUT2D eigenvalue weighted by Crippen LogP contribution is 2.21. The first-order valence-electron chi connectivity index (χ1n) is 4.11. The molecule has 4 heteroatoms. The molecule has 2 N–H and O–H groups in total. The van der Waals surface area contributed by atoms with Gasteiger partial charge in [0.2, 0.25) is 0 Å². The van der Waals surface area contributed by atoms with Gasteiger partial charge in [-0.3, -0.25) is 4.79 Å². The molecule has 76 valence electrons. The smallest absolute Gasteiger partial charge is 0.185 e. The molecule has 2 nitrogen and oxygen atoms in total. The molecule has 0 amide bonds. The van der Waals surface area contributed by atoms with Gasteiger partial charge in [0.05, 0.1) is 15.6 Å². The summed E-state index contributed by atoms with van der Waals surface area (Å²) in [7, 11) is 0. The molecule has 0 atom stereocenters. The van der Waals surface area contributed by atoms with Gasteiger partial charge in [0.15, 0.2) is 5.78 Å². The molecule has 1 aromatic rings. The lowest BCUT2D eigenvalue weighted by molar-refractivity contribution is 0.0909. The van der Waals surface area contributed by atoms with Crippen LogP contribution in [0.1, 0.15) is 24.2 Å². The van der Waals surface area contributed by atoms with Crippen molar-refractivity contribution in [3.63, 3.8) is 0 Å². The van der Waals surface area contributed by atoms with Crippen molar-refractivity contribution >= 4 is 21.7 Å². The van der Waals surface area contributed by atoms with E-state index in [1.54, 1.807) is 19.9 Å². The van der Waals surface area contributed by atoms with Gasteiger partial charge in [0, 0.05) is 0 Å². The summed E-state index contributed by atoms with van der Waals surface area (Å²) in [5.74, 6) is -0.965. The maximum atomic E-state index is 13.5. The van der Waals surface area contributed by atoms with Crippen molar-refractivity contribution in [2.45, 2.75) is 19.4 Å². The van der Waals surface area contributed by atoms with E-state index in [0.717, 1.165) is 0 Å². The third kappa shape index (κ3) is 2.19. The fourth-order valence-electron chi connectivity index (χ4n) is 1.03. The summed E-state index contributed by atoms with van der Waals surface area (Å²) in [6, 6.07) is 4.57. The number of hydrogen-bond acceptors (Lipinski definition) is 2. The van der Waals surface area contributed by atoms with Crippen molar-refractivity contribution in [3.05, 3.63) is 34.1 Å². The first-order chi connectivity index (χ1) is 6.34. The lowest BCUT2D eigenvalue weighted by Gasteiger charge is -2.17. The molecule has 0 unspecified atom stereocenters. The van der Waals surface area contributed by atoms with E-state index < -0.39 is 17.1 Å². The molecule has 0 bridgehead atoms. The number of hydrogen-bond donors (Lipinski definition) is 1. The Morgan fingerprint density at radius 3 is 2.57 bits per heavy atom. The molecule has 0 aliphatic carbocycles. The van der Waals surface area contributed by atoms with Crippen LogP contribution in [0.15, 0.2) is 22.7 Å². The highest BCUT2D eigenvalue weighted by molar-refractivity contribution is 9.10. The van der Waals surface area contributed by atoms with Crippen LogP contribution in [0.3, 0.4) is 0 Å². The number of carbonyl (C=O) groups is 1. The first-order valence-corrected chi connectivity index (χ1v) is 4.91. The van der Waals surface area contributed by atoms with E-state index in [-0.39, 0.29) is 10.0 Å². The van der Waals surface area contributed by atoms with E-state index in [0.29, 0.717) is 0 Å². The molecule has 0 heterocycles. The summed E-state index contributed by atoms with van der Waals surface area (Å²) >= 11 is 3.01. The highest BCUT2D eigenvalue weighted by Gasteiger charge is 2.26. The van der Waals surface area contributed by atoms with Gasteiger partial charge >= 0.3 is 0 Å². The number of ketones is 1. The molecule has 14 heavy (non-hydrogen) atoms. The molecule has 0 radical (unpaired) electrons. The molecule has 0 aliphatic rings. The van der Waals surface area contributed by atoms with Crippen molar-refractivity contribution in [2.75, 3.05) is 0 Å². The SMILES string of the molecule is CC(C)(N)C(=O)c1cccc(Br)c1F. The van der Waals surface area contributed by atoms with Gasteiger partial charge in [-0.05, 0) is 41.9 Å². The number of carbonyl (C=O) groups excluding carboxylic acids is 1. The van der Waals surface area contributed by atoms with Gasteiger partial charge in [-0.2, -0.15) is 0 Å². The Balaban J connectivity index is 3.21. The zero-order valence-electron chi connectivity index (χ0n) is 7.97. The second kappa shape index (κ2) is 3.79. The van der Waals surface area contributed by atoms with E-state index in [4.69, 9.17) is 5.73 Å².